The lowest BCUT2D eigenvalue weighted by atomic mass is 9.99. The van der Waals surface area contributed by atoms with Gasteiger partial charge in [-0.05, 0) is 32.6 Å². The fourth-order valence-electron chi connectivity index (χ4n) is 3.50. The van der Waals surface area contributed by atoms with E-state index in [9.17, 15) is 4.79 Å². The fraction of sp³-hybridized carbons (Fsp3) is 0.714. The Morgan fingerprint density at radius 1 is 1.32 bits per heavy atom. The molecule has 2 fully saturated rings. The second kappa shape index (κ2) is 4.63. The number of oxazole rings is 1. The normalized spacial score (nSPS) is 29.8. The molecule has 104 valence electrons. The summed E-state index contributed by atoms with van der Waals surface area (Å²) in [6.45, 7) is 3.60. The molecule has 19 heavy (non-hydrogen) atoms. The molecule has 5 nitrogen and oxygen atoms in total. The number of piperidine rings is 1. The van der Waals surface area contributed by atoms with Crippen molar-refractivity contribution in [2.75, 3.05) is 7.11 Å². The Hall–Kier alpha value is -1.36. The van der Waals surface area contributed by atoms with Crippen molar-refractivity contribution in [3.05, 3.63) is 17.3 Å². The van der Waals surface area contributed by atoms with Crippen molar-refractivity contribution in [2.45, 2.75) is 57.7 Å². The van der Waals surface area contributed by atoms with Gasteiger partial charge in [0.25, 0.3) is 5.91 Å². The zero-order valence-electron chi connectivity index (χ0n) is 11.7. The maximum atomic E-state index is 12.6. The number of aromatic nitrogens is 1. The molecule has 0 aliphatic carbocycles. The molecule has 2 bridgehead atoms. The quantitative estimate of drug-likeness (QED) is 0.820. The number of carbonyl (C=O) groups is 1. The largest absolute Gasteiger partial charge is 0.436 e. The second-order valence-corrected chi connectivity index (χ2v) is 5.57. The predicted molar refractivity (Wildman–Crippen MR) is 69.0 cm³/mol. The molecule has 3 rings (SSSR count). The van der Waals surface area contributed by atoms with E-state index in [2.05, 4.69) is 4.98 Å². The number of carbonyl (C=O) groups excluding carboxylic acids is 1. The van der Waals surface area contributed by atoms with E-state index in [-0.39, 0.29) is 5.91 Å². The SMILES string of the molecule is COC1C[C@H]2CC[C@@H](C1)N2C(=O)c1oc(C)nc1C. The van der Waals surface area contributed by atoms with E-state index in [1.807, 2.05) is 11.8 Å². The van der Waals surface area contributed by atoms with Crippen molar-refractivity contribution in [1.82, 2.24) is 9.88 Å². The average Bonchev–Trinajstić information content (AvgIpc) is 2.85. The fourth-order valence-corrected chi connectivity index (χ4v) is 3.50. The number of fused-ring (bicyclic) bond motifs is 2. The minimum atomic E-state index is 0.000142. The average molecular weight is 264 g/mol. The maximum absolute atomic E-state index is 12.6. The summed E-state index contributed by atoms with van der Waals surface area (Å²) in [7, 11) is 1.76. The Morgan fingerprint density at radius 3 is 2.42 bits per heavy atom. The standard InChI is InChI=1S/C14H20N2O3/c1-8-13(19-9(2)15-8)14(17)16-10-4-5-11(16)7-12(6-10)18-3/h10-12H,4-7H2,1-3H3/t10-,11+,12?. The van der Waals surface area contributed by atoms with E-state index < -0.39 is 0 Å². The van der Waals surface area contributed by atoms with Gasteiger partial charge in [-0.1, -0.05) is 0 Å². The highest BCUT2D eigenvalue weighted by Crippen LogP contribution is 2.38. The molecule has 2 aliphatic rings. The van der Waals surface area contributed by atoms with Gasteiger partial charge in [0.05, 0.1) is 11.8 Å². The topological polar surface area (TPSA) is 55.6 Å². The number of hydrogen-bond acceptors (Lipinski definition) is 4. The van der Waals surface area contributed by atoms with Crippen LogP contribution in [0.2, 0.25) is 0 Å². The molecular weight excluding hydrogens is 244 g/mol. The molecule has 0 spiro atoms. The second-order valence-electron chi connectivity index (χ2n) is 5.57. The maximum Gasteiger partial charge on any atom is 0.292 e. The number of nitrogens with zero attached hydrogens (tertiary/aromatic N) is 2. The minimum absolute atomic E-state index is 0.000142. The number of aryl methyl sites for hydroxylation is 2. The lowest BCUT2D eigenvalue weighted by Crippen LogP contribution is -2.48. The molecule has 1 amide bonds. The molecule has 0 radical (unpaired) electrons. The van der Waals surface area contributed by atoms with Crippen molar-refractivity contribution in [3.63, 3.8) is 0 Å². The van der Waals surface area contributed by atoms with Gasteiger partial charge in [0, 0.05) is 26.1 Å². The zero-order valence-corrected chi connectivity index (χ0v) is 11.7. The summed E-state index contributed by atoms with van der Waals surface area (Å²) in [6.07, 6.45) is 4.31. The Bertz CT molecular complexity index is 483. The van der Waals surface area contributed by atoms with Gasteiger partial charge in [0.1, 0.15) is 0 Å². The molecule has 0 N–H and O–H groups in total. The van der Waals surface area contributed by atoms with Crippen LogP contribution in [0.1, 0.15) is 47.8 Å². The monoisotopic (exact) mass is 264 g/mol. The van der Waals surface area contributed by atoms with Crippen molar-refractivity contribution in [2.24, 2.45) is 0 Å². The van der Waals surface area contributed by atoms with Gasteiger partial charge in [-0.2, -0.15) is 0 Å². The van der Waals surface area contributed by atoms with Crippen LogP contribution < -0.4 is 0 Å². The summed E-state index contributed by atoms with van der Waals surface area (Å²) in [5.41, 5.74) is 0.691. The van der Waals surface area contributed by atoms with Crippen LogP contribution in [0.4, 0.5) is 0 Å². The minimum Gasteiger partial charge on any atom is -0.436 e. The summed E-state index contributed by atoms with van der Waals surface area (Å²) in [4.78, 5) is 18.8. The number of hydrogen-bond donors (Lipinski definition) is 0. The van der Waals surface area contributed by atoms with Crippen molar-refractivity contribution in [3.8, 4) is 0 Å². The van der Waals surface area contributed by atoms with Gasteiger partial charge in [0.15, 0.2) is 5.89 Å². The summed E-state index contributed by atoms with van der Waals surface area (Å²) >= 11 is 0. The van der Waals surface area contributed by atoms with Gasteiger partial charge < -0.3 is 14.1 Å². The molecular formula is C14H20N2O3. The highest BCUT2D eigenvalue weighted by Gasteiger charge is 2.44. The molecule has 0 aromatic carbocycles. The van der Waals surface area contributed by atoms with E-state index in [1.54, 1.807) is 14.0 Å². The molecule has 3 heterocycles. The van der Waals surface area contributed by atoms with Crippen LogP contribution in [0.25, 0.3) is 0 Å². The Kier molecular flexibility index (Phi) is 3.09. The first-order valence-corrected chi connectivity index (χ1v) is 6.89. The molecule has 1 aromatic heterocycles. The van der Waals surface area contributed by atoms with E-state index in [0.717, 1.165) is 25.7 Å². The van der Waals surface area contributed by atoms with E-state index in [1.165, 1.54) is 0 Å². The number of rotatable bonds is 2. The van der Waals surface area contributed by atoms with Crippen molar-refractivity contribution in [1.29, 1.82) is 0 Å². The third kappa shape index (κ3) is 2.06. The van der Waals surface area contributed by atoms with Gasteiger partial charge in [-0.25, -0.2) is 4.98 Å². The smallest absolute Gasteiger partial charge is 0.292 e. The first-order valence-electron chi connectivity index (χ1n) is 6.89. The first kappa shape index (κ1) is 12.7. The first-order chi connectivity index (χ1) is 9.10. The molecule has 2 aliphatic heterocycles. The van der Waals surface area contributed by atoms with Gasteiger partial charge >= 0.3 is 0 Å². The van der Waals surface area contributed by atoms with Crippen LogP contribution >= 0.6 is 0 Å². The zero-order chi connectivity index (χ0) is 13.6. The Morgan fingerprint density at radius 2 is 1.95 bits per heavy atom. The summed E-state index contributed by atoms with van der Waals surface area (Å²) < 4.78 is 10.9. The number of methoxy groups -OCH3 is 1. The third-order valence-electron chi connectivity index (χ3n) is 4.36. The van der Waals surface area contributed by atoms with Crippen LogP contribution in [0.5, 0.6) is 0 Å². The molecule has 3 atom stereocenters. The van der Waals surface area contributed by atoms with E-state index >= 15 is 0 Å². The highest BCUT2D eigenvalue weighted by molar-refractivity contribution is 5.93. The Labute approximate surface area is 112 Å². The van der Waals surface area contributed by atoms with Crippen LogP contribution in [0, 0.1) is 13.8 Å². The van der Waals surface area contributed by atoms with Crippen LogP contribution in [-0.4, -0.2) is 41.1 Å². The van der Waals surface area contributed by atoms with E-state index in [0.29, 0.717) is 35.5 Å². The third-order valence-corrected chi connectivity index (χ3v) is 4.36. The molecule has 2 saturated heterocycles. The predicted octanol–water partition coefficient (Wildman–Crippen LogP) is 2.07. The molecule has 0 saturated carbocycles. The van der Waals surface area contributed by atoms with Crippen LogP contribution in [0.15, 0.2) is 4.42 Å². The summed E-state index contributed by atoms with van der Waals surface area (Å²) in [5.74, 6) is 0.963. The summed E-state index contributed by atoms with van der Waals surface area (Å²) in [6, 6.07) is 0.585. The van der Waals surface area contributed by atoms with E-state index in [4.69, 9.17) is 9.15 Å². The lowest BCUT2D eigenvalue weighted by molar-refractivity contribution is 0.00667. The number of amides is 1. The number of ether oxygens (including phenoxy) is 1. The highest BCUT2D eigenvalue weighted by atomic mass is 16.5. The van der Waals surface area contributed by atoms with Crippen LogP contribution in [0.3, 0.4) is 0 Å². The lowest BCUT2D eigenvalue weighted by Gasteiger charge is -2.37. The van der Waals surface area contributed by atoms with Crippen molar-refractivity contribution < 1.29 is 13.9 Å². The molecule has 1 unspecified atom stereocenters. The van der Waals surface area contributed by atoms with Gasteiger partial charge in [-0.15, -0.1) is 0 Å². The summed E-state index contributed by atoms with van der Waals surface area (Å²) in [5, 5.41) is 0. The van der Waals surface area contributed by atoms with Gasteiger partial charge in [0.2, 0.25) is 5.76 Å². The Balaban J connectivity index is 1.84. The van der Waals surface area contributed by atoms with Crippen LogP contribution in [-0.2, 0) is 4.74 Å². The van der Waals surface area contributed by atoms with Gasteiger partial charge in [-0.3, -0.25) is 4.79 Å². The van der Waals surface area contributed by atoms with Crippen molar-refractivity contribution >= 4 is 5.91 Å². The molecule has 1 aromatic rings. The molecule has 5 heteroatoms.